The average molecular weight is 232 g/mol. The van der Waals surface area contributed by atoms with Gasteiger partial charge in [0.15, 0.2) is 0 Å². The molecule has 0 saturated carbocycles. The first-order chi connectivity index (χ1) is 7.56. The van der Waals surface area contributed by atoms with Gasteiger partial charge in [0, 0.05) is 5.41 Å². The van der Waals surface area contributed by atoms with Gasteiger partial charge in [0.1, 0.15) is 5.78 Å². The van der Waals surface area contributed by atoms with Crippen LogP contribution in [0.1, 0.15) is 58.2 Å². The lowest BCUT2D eigenvalue weighted by atomic mass is 9.76. The van der Waals surface area contributed by atoms with Crippen LogP contribution in [0, 0.1) is 6.92 Å². The molecular weight excluding hydrogens is 208 g/mol. The third-order valence-corrected chi connectivity index (χ3v) is 3.66. The monoisotopic (exact) mass is 232 g/mol. The number of Topliss-reactive ketones (excluding diaryl/α,β-unsaturated/α-hetero) is 1. The maximum absolute atomic E-state index is 11.8. The van der Waals surface area contributed by atoms with Crippen LogP contribution in [-0.2, 0) is 15.6 Å². The maximum Gasteiger partial charge on any atom is 0.139 e. The number of carbonyl (C=O) groups is 1. The molecule has 0 spiro atoms. The van der Waals surface area contributed by atoms with Crippen LogP contribution in [0.5, 0.6) is 0 Å². The lowest BCUT2D eigenvalue weighted by molar-refractivity contribution is -0.121. The molecule has 0 heterocycles. The minimum Gasteiger partial charge on any atom is -0.299 e. The fourth-order valence-electron chi connectivity index (χ4n) is 1.95. The predicted octanol–water partition coefficient (Wildman–Crippen LogP) is 4.16. The fourth-order valence-corrected chi connectivity index (χ4v) is 1.95. The van der Waals surface area contributed by atoms with Crippen molar-refractivity contribution in [3.63, 3.8) is 0 Å². The fraction of sp³-hybridized carbons (Fsp3) is 0.562. The van der Waals surface area contributed by atoms with Gasteiger partial charge in [-0.05, 0) is 49.8 Å². The summed E-state index contributed by atoms with van der Waals surface area (Å²) in [7, 11) is 0. The molecule has 0 aromatic heterocycles. The first-order valence-electron chi connectivity index (χ1n) is 6.19. The van der Waals surface area contributed by atoms with Gasteiger partial charge in [0.05, 0.1) is 0 Å². The van der Waals surface area contributed by atoms with Crippen molar-refractivity contribution in [3.05, 3.63) is 34.9 Å². The molecule has 1 nitrogen and oxygen atoms in total. The van der Waals surface area contributed by atoms with Crippen molar-refractivity contribution in [3.8, 4) is 0 Å². The van der Waals surface area contributed by atoms with E-state index in [1.807, 2.05) is 13.8 Å². The highest BCUT2D eigenvalue weighted by Crippen LogP contribution is 2.31. The number of ketones is 1. The zero-order valence-electron chi connectivity index (χ0n) is 12.1. The SMILES string of the molecule is CC(=O)C(C)(C)c1cc(C(C)(C)C)ccc1C. The Kier molecular flexibility index (Phi) is 3.52. The van der Waals surface area contributed by atoms with E-state index < -0.39 is 5.41 Å². The normalized spacial score (nSPS) is 12.6. The van der Waals surface area contributed by atoms with Crippen molar-refractivity contribution in [2.45, 2.75) is 59.3 Å². The van der Waals surface area contributed by atoms with Gasteiger partial charge < -0.3 is 0 Å². The Morgan fingerprint density at radius 3 is 2.00 bits per heavy atom. The summed E-state index contributed by atoms with van der Waals surface area (Å²) in [5.74, 6) is 0.214. The van der Waals surface area contributed by atoms with Crippen LogP contribution >= 0.6 is 0 Å². The third-order valence-electron chi connectivity index (χ3n) is 3.66. The molecule has 1 aromatic rings. The smallest absolute Gasteiger partial charge is 0.139 e. The standard InChI is InChI=1S/C16H24O/c1-11-8-9-13(15(3,4)5)10-14(11)16(6,7)12(2)17/h8-10H,1-7H3. The predicted molar refractivity (Wildman–Crippen MR) is 73.6 cm³/mol. The zero-order chi connectivity index (χ0) is 13.4. The van der Waals surface area contributed by atoms with Gasteiger partial charge in [0.25, 0.3) is 0 Å². The highest BCUT2D eigenvalue weighted by Gasteiger charge is 2.28. The number of rotatable bonds is 2. The van der Waals surface area contributed by atoms with Crippen molar-refractivity contribution in [1.29, 1.82) is 0 Å². The van der Waals surface area contributed by atoms with Crippen LogP contribution in [0.15, 0.2) is 18.2 Å². The van der Waals surface area contributed by atoms with E-state index in [0.717, 1.165) is 5.56 Å². The number of aryl methyl sites for hydroxylation is 1. The highest BCUT2D eigenvalue weighted by molar-refractivity contribution is 5.87. The van der Waals surface area contributed by atoms with Gasteiger partial charge in [-0.1, -0.05) is 39.0 Å². The first-order valence-corrected chi connectivity index (χ1v) is 6.19. The number of hydrogen-bond acceptors (Lipinski definition) is 1. The van der Waals surface area contributed by atoms with E-state index in [0.29, 0.717) is 0 Å². The Balaban J connectivity index is 3.39. The topological polar surface area (TPSA) is 17.1 Å². The molecule has 94 valence electrons. The lowest BCUT2D eigenvalue weighted by Gasteiger charge is -2.27. The lowest BCUT2D eigenvalue weighted by Crippen LogP contribution is -2.28. The van der Waals surface area contributed by atoms with Crippen molar-refractivity contribution in [2.75, 3.05) is 0 Å². The second-order valence-electron chi connectivity index (χ2n) is 6.46. The molecule has 0 bridgehead atoms. The first kappa shape index (κ1) is 14.0. The van der Waals surface area contributed by atoms with E-state index in [9.17, 15) is 4.79 Å². The molecule has 1 heteroatoms. The number of carbonyl (C=O) groups excluding carboxylic acids is 1. The summed E-state index contributed by atoms with van der Waals surface area (Å²) in [5.41, 5.74) is 3.35. The number of hydrogen-bond donors (Lipinski definition) is 0. The van der Waals surface area contributed by atoms with E-state index in [1.54, 1.807) is 6.92 Å². The summed E-state index contributed by atoms with van der Waals surface area (Å²) in [6, 6.07) is 6.48. The highest BCUT2D eigenvalue weighted by atomic mass is 16.1. The van der Waals surface area contributed by atoms with E-state index in [4.69, 9.17) is 0 Å². The largest absolute Gasteiger partial charge is 0.299 e. The molecule has 0 N–H and O–H groups in total. The zero-order valence-corrected chi connectivity index (χ0v) is 12.1. The summed E-state index contributed by atoms with van der Waals surface area (Å²) >= 11 is 0. The Morgan fingerprint density at radius 1 is 1.06 bits per heavy atom. The van der Waals surface area contributed by atoms with Crippen molar-refractivity contribution < 1.29 is 4.79 Å². The van der Waals surface area contributed by atoms with Gasteiger partial charge >= 0.3 is 0 Å². The van der Waals surface area contributed by atoms with E-state index in [-0.39, 0.29) is 11.2 Å². The molecule has 0 saturated heterocycles. The molecule has 1 aromatic carbocycles. The Hall–Kier alpha value is -1.11. The summed E-state index contributed by atoms with van der Waals surface area (Å²) in [4.78, 5) is 11.8. The van der Waals surface area contributed by atoms with Crippen LogP contribution in [-0.4, -0.2) is 5.78 Å². The Bertz CT molecular complexity index is 433. The molecule has 0 radical (unpaired) electrons. The van der Waals surface area contributed by atoms with Crippen molar-refractivity contribution >= 4 is 5.78 Å². The van der Waals surface area contributed by atoms with Gasteiger partial charge in [-0.2, -0.15) is 0 Å². The molecule has 0 aliphatic carbocycles. The van der Waals surface area contributed by atoms with Crippen LogP contribution in [0.25, 0.3) is 0 Å². The van der Waals surface area contributed by atoms with Gasteiger partial charge in [0.2, 0.25) is 0 Å². The summed E-state index contributed by atoms with van der Waals surface area (Å²) in [5, 5.41) is 0. The second-order valence-corrected chi connectivity index (χ2v) is 6.46. The van der Waals surface area contributed by atoms with Gasteiger partial charge in [-0.3, -0.25) is 4.79 Å². The van der Waals surface area contributed by atoms with Gasteiger partial charge in [-0.25, -0.2) is 0 Å². The Morgan fingerprint density at radius 2 is 1.59 bits per heavy atom. The molecule has 0 fully saturated rings. The summed E-state index contributed by atoms with van der Waals surface area (Å²) in [6.45, 7) is 14.3. The Labute approximate surface area is 105 Å². The van der Waals surface area contributed by atoms with Crippen LogP contribution in [0.3, 0.4) is 0 Å². The quantitative estimate of drug-likeness (QED) is 0.748. The third kappa shape index (κ3) is 2.77. The minimum atomic E-state index is -0.397. The minimum absolute atomic E-state index is 0.120. The van der Waals surface area contributed by atoms with E-state index in [1.165, 1.54) is 11.1 Å². The van der Waals surface area contributed by atoms with Crippen LogP contribution in [0.2, 0.25) is 0 Å². The second kappa shape index (κ2) is 4.29. The summed E-state index contributed by atoms with van der Waals surface area (Å²) < 4.78 is 0. The molecular formula is C16H24O. The maximum atomic E-state index is 11.8. The van der Waals surface area contributed by atoms with Gasteiger partial charge in [-0.15, -0.1) is 0 Å². The van der Waals surface area contributed by atoms with Crippen molar-refractivity contribution in [1.82, 2.24) is 0 Å². The average Bonchev–Trinajstić information content (AvgIpc) is 2.15. The van der Waals surface area contributed by atoms with Crippen LogP contribution in [0.4, 0.5) is 0 Å². The van der Waals surface area contributed by atoms with Crippen LogP contribution < -0.4 is 0 Å². The molecule has 0 atom stereocenters. The molecule has 1 rings (SSSR count). The van der Waals surface area contributed by atoms with E-state index in [2.05, 4.69) is 45.9 Å². The van der Waals surface area contributed by atoms with E-state index >= 15 is 0 Å². The molecule has 0 unspecified atom stereocenters. The summed E-state index contributed by atoms with van der Waals surface area (Å²) in [6.07, 6.45) is 0. The van der Waals surface area contributed by atoms with Crippen molar-refractivity contribution in [2.24, 2.45) is 0 Å². The molecule has 0 aliphatic rings. The molecule has 0 aliphatic heterocycles. The molecule has 0 amide bonds. The number of benzene rings is 1. The molecule has 17 heavy (non-hydrogen) atoms.